The predicted molar refractivity (Wildman–Crippen MR) is 121 cm³/mol. The summed E-state index contributed by atoms with van der Waals surface area (Å²) in [5, 5.41) is 20.8. The molecule has 0 spiro atoms. The number of likely N-dealkylation sites (tertiary alicyclic amines) is 1. The standard InChI is InChI=1S/C13H23NO3.C10H11F3N4/c15-13(16,12-4-6-17-7-5-12)14-8-10-2-1-3-11(10)9-14;11-10(12,13)7-3-4-17-5-6(7)8(14)1-2-9(15)16/h10-12,15-16H,1-9H2;1-5H,14-16H2/b;8-1-/t10-,11+;. The molecule has 1 aromatic rings. The summed E-state index contributed by atoms with van der Waals surface area (Å²) in [7, 11) is 0. The van der Waals surface area contributed by atoms with Gasteiger partial charge in [-0.15, -0.1) is 0 Å². The smallest absolute Gasteiger partial charge is 0.398 e. The Kier molecular flexibility index (Phi) is 8.45. The van der Waals surface area contributed by atoms with Gasteiger partial charge in [-0.05, 0) is 55.7 Å². The number of hydrogen-bond acceptors (Lipinski definition) is 8. The van der Waals surface area contributed by atoms with E-state index >= 15 is 0 Å². The minimum Gasteiger partial charge on any atom is -0.398 e. The number of aliphatic hydroxyl groups is 2. The quantitative estimate of drug-likeness (QED) is 0.322. The van der Waals surface area contributed by atoms with Crippen molar-refractivity contribution in [2.75, 3.05) is 26.3 Å². The van der Waals surface area contributed by atoms with Gasteiger partial charge in [0, 0.05) is 55.9 Å². The summed E-state index contributed by atoms with van der Waals surface area (Å²) in [5.41, 5.74) is 14.6. The molecule has 0 aromatic carbocycles. The van der Waals surface area contributed by atoms with Gasteiger partial charge in [0.25, 0.3) is 0 Å². The Morgan fingerprint density at radius 2 is 1.65 bits per heavy atom. The molecule has 0 unspecified atom stereocenters. The number of ether oxygens (including phenoxy) is 1. The molecule has 1 aromatic heterocycles. The molecule has 8 N–H and O–H groups in total. The first-order valence-corrected chi connectivity index (χ1v) is 11.5. The molecular weight excluding hydrogens is 451 g/mol. The summed E-state index contributed by atoms with van der Waals surface area (Å²) in [6, 6.07) is 0.853. The summed E-state index contributed by atoms with van der Waals surface area (Å²) in [5.74, 6) is -0.295. The van der Waals surface area contributed by atoms with E-state index in [1.807, 2.05) is 4.90 Å². The fourth-order valence-electron chi connectivity index (χ4n) is 4.99. The van der Waals surface area contributed by atoms with Crippen LogP contribution in [-0.2, 0) is 10.9 Å². The highest BCUT2D eigenvalue weighted by molar-refractivity contribution is 5.66. The van der Waals surface area contributed by atoms with Crippen LogP contribution in [0.15, 0.2) is 36.4 Å². The molecule has 3 fully saturated rings. The summed E-state index contributed by atoms with van der Waals surface area (Å²) in [6.45, 7) is 3.06. The molecule has 0 bridgehead atoms. The van der Waals surface area contributed by atoms with Crippen LogP contribution in [0.25, 0.3) is 5.70 Å². The minimum atomic E-state index is -4.49. The van der Waals surface area contributed by atoms with Gasteiger partial charge in [-0.3, -0.25) is 9.88 Å². The molecule has 0 radical (unpaired) electrons. The number of hydrogen-bond donors (Lipinski definition) is 5. The Morgan fingerprint density at radius 1 is 1.03 bits per heavy atom. The number of rotatable bonds is 4. The maximum Gasteiger partial charge on any atom is 0.417 e. The van der Waals surface area contributed by atoms with Crippen molar-refractivity contribution in [1.82, 2.24) is 9.88 Å². The largest absolute Gasteiger partial charge is 0.417 e. The first-order valence-electron chi connectivity index (χ1n) is 11.5. The monoisotopic (exact) mass is 485 g/mol. The lowest BCUT2D eigenvalue weighted by Gasteiger charge is -2.40. The van der Waals surface area contributed by atoms with Crippen LogP contribution in [0.3, 0.4) is 0 Å². The molecule has 3 heterocycles. The van der Waals surface area contributed by atoms with Crippen molar-refractivity contribution in [1.29, 1.82) is 0 Å². The van der Waals surface area contributed by atoms with Crippen LogP contribution < -0.4 is 17.2 Å². The van der Waals surface area contributed by atoms with Gasteiger partial charge in [-0.25, -0.2) is 0 Å². The topological polar surface area (TPSA) is 144 Å². The zero-order valence-corrected chi connectivity index (χ0v) is 19.0. The first kappa shape index (κ1) is 26.3. The van der Waals surface area contributed by atoms with Crippen molar-refractivity contribution in [3.8, 4) is 0 Å². The van der Waals surface area contributed by atoms with Gasteiger partial charge in [-0.2, -0.15) is 13.2 Å². The van der Waals surface area contributed by atoms with E-state index in [9.17, 15) is 23.4 Å². The molecule has 1 saturated carbocycles. The number of halogens is 3. The van der Waals surface area contributed by atoms with Crippen molar-refractivity contribution >= 4 is 5.70 Å². The van der Waals surface area contributed by atoms with Gasteiger partial charge < -0.3 is 32.2 Å². The first-order chi connectivity index (χ1) is 16.0. The fourth-order valence-corrected chi connectivity index (χ4v) is 4.99. The normalized spacial score (nSPS) is 24.3. The highest BCUT2D eigenvalue weighted by Crippen LogP contribution is 2.42. The number of pyridine rings is 1. The lowest BCUT2D eigenvalue weighted by Crippen LogP contribution is -2.54. The van der Waals surface area contributed by atoms with E-state index in [2.05, 4.69) is 4.98 Å². The third-order valence-corrected chi connectivity index (χ3v) is 6.85. The van der Waals surface area contributed by atoms with Gasteiger partial charge in [-0.1, -0.05) is 6.42 Å². The zero-order chi connectivity index (χ0) is 24.9. The number of nitrogens with zero attached hydrogens (tertiary/aromatic N) is 2. The van der Waals surface area contributed by atoms with Crippen molar-refractivity contribution in [2.45, 2.75) is 44.2 Å². The SMILES string of the molecule is NC(N)=C/C=C(\N)c1cnccc1C(F)(F)F.OC(O)(C1CCOCC1)N1C[C@H]2CCC[C@H]2C1. The molecule has 2 saturated heterocycles. The highest BCUT2D eigenvalue weighted by Gasteiger charge is 2.48. The van der Waals surface area contributed by atoms with E-state index in [1.165, 1.54) is 31.4 Å². The van der Waals surface area contributed by atoms with Gasteiger partial charge in [0.05, 0.1) is 11.4 Å². The van der Waals surface area contributed by atoms with E-state index in [0.717, 1.165) is 44.4 Å². The Balaban J connectivity index is 0.000000191. The Morgan fingerprint density at radius 3 is 2.21 bits per heavy atom. The molecule has 190 valence electrons. The van der Waals surface area contributed by atoms with E-state index in [1.54, 1.807) is 0 Å². The number of fused-ring (bicyclic) bond motifs is 1. The maximum absolute atomic E-state index is 12.6. The van der Waals surface area contributed by atoms with Gasteiger partial charge in [0.2, 0.25) is 5.91 Å². The fraction of sp³-hybridized carbons (Fsp3) is 0.609. The lowest BCUT2D eigenvalue weighted by molar-refractivity contribution is -0.301. The molecule has 8 nitrogen and oxygen atoms in total. The van der Waals surface area contributed by atoms with Crippen LogP contribution >= 0.6 is 0 Å². The maximum atomic E-state index is 12.6. The minimum absolute atomic E-state index is 0.0462. The van der Waals surface area contributed by atoms with E-state index in [4.69, 9.17) is 21.9 Å². The summed E-state index contributed by atoms with van der Waals surface area (Å²) in [4.78, 5) is 5.52. The summed E-state index contributed by atoms with van der Waals surface area (Å²) < 4.78 is 43.2. The molecule has 11 heteroatoms. The molecule has 1 aliphatic carbocycles. The van der Waals surface area contributed by atoms with Crippen LogP contribution in [0, 0.1) is 17.8 Å². The molecule has 3 aliphatic rings. The second-order valence-electron chi connectivity index (χ2n) is 9.14. The Hall–Kier alpha value is -2.34. The van der Waals surface area contributed by atoms with E-state index in [-0.39, 0.29) is 23.0 Å². The Bertz CT molecular complexity index is 869. The van der Waals surface area contributed by atoms with Crippen LogP contribution in [-0.4, -0.2) is 52.3 Å². The molecular formula is C23H34F3N5O3. The van der Waals surface area contributed by atoms with Gasteiger partial charge >= 0.3 is 6.18 Å². The van der Waals surface area contributed by atoms with Gasteiger partial charge in [0.1, 0.15) is 0 Å². The molecule has 34 heavy (non-hydrogen) atoms. The summed E-state index contributed by atoms with van der Waals surface area (Å²) >= 11 is 0. The number of alkyl halides is 3. The van der Waals surface area contributed by atoms with Crippen LogP contribution in [0.4, 0.5) is 13.2 Å². The number of allylic oxidation sites excluding steroid dienone is 2. The van der Waals surface area contributed by atoms with Crippen LogP contribution in [0.5, 0.6) is 0 Å². The average Bonchev–Trinajstić information content (AvgIpc) is 3.41. The van der Waals surface area contributed by atoms with Crippen LogP contribution in [0.1, 0.15) is 43.2 Å². The molecule has 2 aliphatic heterocycles. The summed E-state index contributed by atoms with van der Waals surface area (Å²) in [6.07, 6.45) is 5.39. The van der Waals surface area contributed by atoms with Crippen molar-refractivity contribution in [3.05, 3.63) is 47.6 Å². The van der Waals surface area contributed by atoms with Crippen molar-refractivity contribution < 1.29 is 28.1 Å². The van der Waals surface area contributed by atoms with E-state index in [0.29, 0.717) is 25.0 Å². The Labute approximate surface area is 197 Å². The van der Waals surface area contributed by atoms with E-state index < -0.39 is 17.7 Å². The molecule has 0 amide bonds. The average molecular weight is 486 g/mol. The lowest BCUT2D eigenvalue weighted by atomic mass is 9.95. The van der Waals surface area contributed by atoms with Crippen molar-refractivity contribution in [3.63, 3.8) is 0 Å². The third-order valence-electron chi connectivity index (χ3n) is 6.85. The third kappa shape index (κ3) is 6.41. The predicted octanol–water partition coefficient (Wildman–Crippen LogP) is 1.94. The van der Waals surface area contributed by atoms with Crippen molar-refractivity contribution in [2.24, 2.45) is 35.0 Å². The second-order valence-corrected chi connectivity index (χ2v) is 9.14. The second kappa shape index (κ2) is 10.9. The number of aromatic nitrogens is 1. The zero-order valence-electron chi connectivity index (χ0n) is 19.0. The highest BCUT2D eigenvalue weighted by atomic mass is 19.4. The molecule has 2 atom stereocenters. The number of nitrogens with two attached hydrogens (primary N) is 3. The van der Waals surface area contributed by atoms with Gasteiger partial charge in [0.15, 0.2) is 0 Å². The van der Waals surface area contributed by atoms with Crippen LogP contribution in [0.2, 0.25) is 0 Å². The molecule has 4 rings (SSSR count).